The van der Waals surface area contributed by atoms with Gasteiger partial charge in [-0.25, -0.2) is 0 Å². The number of carbonyl (C=O) groups is 2. The third-order valence-corrected chi connectivity index (χ3v) is 5.64. The van der Waals surface area contributed by atoms with Gasteiger partial charge in [0.15, 0.2) is 5.69 Å². The number of halogens is 1. The van der Waals surface area contributed by atoms with Crippen molar-refractivity contribution in [3.05, 3.63) is 39.4 Å². The Hall–Kier alpha value is -2.32. The second kappa shape index (κ2) is 8.14. The molecule has 3 rings (SSSR count). The maximum Gasteiger partial charge on any atom is 0.273 e. The highest BCUT2D eigenvalue weighted by Crippen LogP contribution is 2.27. The van der Waals surface area contributed by atoms with Crippen molar-refractivity contribution in [3.63, 3.8) is 0 Å². The molecule has 0 atom stereocenters. The van der Waals surface area contributed by atoms with E-state index in [1.807, 2.05) is 32.0 Å². The summed E-state index contributed by atoms with van der Waals surface area (Å²) in [7, 11) is 0. The molecule has 3 N–H and O–H groups in total. The molecule has 1 aromatic heterocycles. The number of hydrogen-bond acceptors (Lipinski definition) is 6. The van der Waals surface area contributed by atoms with E-state index in [4.69, 9.17) is 17.3 Å². The van der Waals surface area contributed by atoms with E-state index in [1.54, 1.807) is 4.90 Å². The van der Waals surface area contributed by atoms with Crippen molar-refractivity contribution in [1.29, 1.82) is 0 Å². The van der Waals surface area contributed by atoms with Crippen LogP contribution in [0.3, 0.4) is 0 Å². The number of piperazine rings is 1. The normalized spacial score (nSPS) is 14.3. The fraction of sp³-hybridized carbons (Fsp3) is 0.389. The van der Waals surface area contributed by atoms with Gasteiger partial charge in [0.1, 0.15) is 4.88 Å². The monoisotopic (exact) mass is 407 g/mol. The molecule has 2 aromatic rings. The Bertz CT molecular complexity index is 861. The SMILES string of the molecule is CCNC(=O)c1nsc(C(=O)N2CCN(c3cc(Cl)ccc3C)CC2)c1N. The van der Waals surface area contributed by atoms with Gasteiger partial charge >= 0.3 is 0 Å². The Morgan fingerprint density at radius 2 is 2.00 bits per heavy atom. The number of hydrogen-bond donors (Lipinski definition) is 2. The molecule has 27 heavy (non-hydrogen) atoms. The van der Waals surface area contributed by atoms with Crippen LogP contribution in [0, 0.1) is 6.92 Å². The predicted octanol–water partition coefficient (Wildman–Crippen LogP) is 2.40. The fourth-order valence-corrected chi connectivity index (χ4v) is 4.01. The number of benzene rings is 1. The number of aromatic nitrogens is 1. The van der Waals surface area contributed by atoms with Crippen LogP contribution < -0.4 is 16.0 Å². The summed E-state index contributed by atoms with van der Waals surface area (Å²) >= 11 is 7.10. The molecule has 0 aliphatic carbocycles. The molecule has 1 fully saturated rings. The van der Waals surface area contributed by atoms with Crippen LogP contribution in [-0.4, -0.2) is 53.8 Å². The Labute approximate surface area is 167 Å². The van der Waals surface area contributed by atoms with Gasteiger partial charge < -0.3 is 20.9 Å². The van der Waals surface area contributed by atoms with Crippen molar-refractivity contribution in [2.45, 2.75) is 13.8 Å². The summed E-state index contributed by atoms with van der Waals surface area (Å²) in [5, 5.41) is 3.35. The number of nitrogens with zero attached hydrogens (tertiary/aromatic N) is 3. The maximum atomic E-state index is 12.8. The van der Waals surface area contributed by atoms with Gasteiger partial charge in [-0.1, -0.05) is 17.7 Å². The largest absolute Gasteiger partial charge is 0.395 e. The van der Waals surface area contributed by atoms with Gasteiger partial charge in [-0.2, -0.15) is 4.37 Å². The van der Waals surface area contributed by atoms with Gasteiger partial charge in [0.25, 0.3) is 11.8 Å². The molecule has 144 valence electrons. The van der Waals surface area contributed by atoms with E-state index in [1.165, 1.54) is 0 Å². The van der Waals surface area contributed by atoms with Crippen LogP contribution in [0.2, 0.25) is 5.02 Å². The first-order chi connectivity index (χ1) is 12.9. The summed E-state index contributed by atoms with van der Waals surface area (Å²) in [5.41, 5.74) is 8.53. The second-order valence-corrected chi connectivity index (χ2v) is 7.55. The number of aryl methyl sites for hydroxylation is 1. The molecule has 2 heterocycles. The van der Waals surface area contributed by atoms with Crippen molar-refractivity contribution in [2.24, 2.45) is 0 Å². The highest BCUT2D eigenvalue weighted by Gasteiger charge is 2.28. The number of carbonyl (C=O) groups excluding carboxylic acids is 2. The predicted molar refractivity (Wildman–Crippen MR) is 109 cm³/mol. The summed E-state index contributed by atoms with van der Waals surface area (Å²) in [6.45, 7) is 6.88. The highest BCUT2D eigenvalue weighted by molar-refractivity contribution is 7.09. The molecule has 0 spiro atoms. The van der Waals surface area contributed by atoms with Gasteiger partial charge in [0.05, 0.1) is 5.69 Å². The van der Waals surface area contributed by atoms with Crippen LogP contribution in [0.1, 0.15) is 32.6 Å². The molecular weight excluding hydrogens is 386 g/mol. The Morgan fingerprint density at radius 1 is 1.30 bits per heavy atom. The zero-order valence-corrected chi connectivity index (χ0v) is 16.9. The van der Waals surface area contributed by atoms with Gasteiger partial charge in [0, 0.05) is 43.4 Å². The van der Waals surface area contributed by atoms with E-state index < -0.39 is 0 Å². The average molecular weight is 408 g/mol. The van der Waals surface area contributed by atoms with Crippen molar-refractivity contribution >= 4 is 46.3 Å². The topological polar surface area (TPSA) is 91.6 Å². The number of anilines is 2. The minimum atomic E-state index is -0.355. The zero-order chi connectivity index (χ0) is 19.6. The minimum Gasteiger partial charge on any atom is -0.395 e. The second-order valence-electron chi connectivity index (χ2n) is 6.34. The summed E-state index contributed by atoms with van der Waals surface area (Å²) < 4.78 is 4.07. The first-order valence-corrected chi connectivity index (χ1v) is 9.91. The van der Waals surface area contributed by atoms with Gasteiger partial charge in [-0.3, -0.25) is 9.59 Å². The van der Waals surface area contributed by atoms with Gasteiger partial charge in [-0.15, -0.1) is 0 Å². The van der Waals surface area contributed by atoms with E-state index in [-0.39, 0.29) is 23.2 Å². The van der Waals surface area contributed by atoms with E-state index >= 15 is 0 Å². The lowest BCUT2D eigenvalue weighted by Crippen LogP contribution is -2.49. The van der Waals surface area contributed by atoms with E-state index in [0.29, 0.717) is 42.6 Å². The van der Waals surface area contributed by atoms with Crippen LogP contribution in [-0.2, 0) is 0 Å². The van der Waals surface area contributed by atoms with Gasteiger partial charge in [-0.05, 0) is 43.1 Å². The van der Waals surface area contributed by atoms with Gasteiger partial charge in [0.2, 0.25) is 0 Å². The molecule has 0 unspecified atom stereocenters. The molecule has 1 aliphatic rings. The molecular formula is C18H22ClN5O2S. The third-order valence-electron chi connectivity index (χ3n) is 4.55. The highest BCUT2D eigenvalue weighted by atomic mass is 35.5. The summed E-state index contributed by atoms with van der Waals surface area (Å²) in [5.74, 6) is -0.533. The standard InChI is InChI=1S/C18H22ClN5O2S/c1-3-21-17(25)15-14(20)16(27-22-15)18(26)24-8-6-23(7-9-24)13-10-12(19)5-4-11(13)2/h4-5,10H,3,6-9,20H2,1-2H3,(H,21,25). The Kier molecular flexibility index (Phi) is 5.86. The lowest BCUT2D eigenvalue weighted by atomic mass is 10.1. The number of amides is 2. The molecule has 0 radical (unpaired) electrons. The van der Waals surface area contributed by atoms with Crippen LogP contribution in [0.4, 0.5) is 11.4 Å². The van der Waals surface area contributed by atoms with Crippen LogP contribution in [0.5, 0.6) is 0 Å². The smallest absolute Gasteiger partial charge is 0.273 e. The first kappa shape index (κ1) is 19.4. The van der Waals surface area contributed by atoms with Crippen molar-refractivity contribution in [1.82, 2.24) is 14.6 Å². The molecule has 7 nitrogen and oxygen atoms in total. The number of nitrogen functional groups attached to an aromatic ring is 1. The summed E-state index contributed by atoms with van der Waals surface area (Å²) in [6.07, 6.45) is 0. The lowest BCUT2D eigenvalue weighted by Gasteiger charge is -2.36. The van der Waals surface area contributed by atoms with Crippen molar-refractivity contribution < 1.29 is 9.59 Å². The molecule has 0 bridgehead atoms. The Balaban J connectivity index is 1.69. The van der Waals surface area contributed by atoms with Crippen molar-refractivity contribution in [3.8, 4) is 0 Å². The molecule has 1 aliphatic heterocycles. The Morgan fingerprint density at radius 3 is 2.67 bits per heavy atom. The molecule has 1 saturated heterocycles. The minimum absolute atomic E-state index is 0.124. The summed E-state index contributed by atoms with van der Waals surface area (Å²) in [6, 6.07) is 5.82. The molecule has 2 amide bonds. The average Bonchev–Trinajstić information content (AvgIpc) is 3.05. The molecule has 9 heteroatoms. The van der Waals surface area contributed by atoms with E-state index in [0.717, 1.165) is 22.8 Å². The lowest BCUT2D eigenvalue weighted by molar-refractivity contribution is 0.0752. The summed E-state index contributed by atoms with van der Waals surface area (Å²) in [4.78, 5) is 29.1. The zero-order valence-electron chi connectivity index (χ0n) is 15.3. The third kappa shape index (κ3) is 4.01. The van der Waals surface area contributed by atoms with Crippen LogP contribution in [0.15, 0.2) is 18.2 Å². The molecule has 1 aromatic carbocycles. The van der Waals surface area contributed by atoms with E-state index in [2.05, 4.69) is 14.6 Å². The van der Waals surface area contributed by atoms with Crippen LogP contribution >= 0.6 is 23.1 Å². The van der Waals surface area contributed by atoms with Crippen molar-refractivity contribution in [2.75, 3.05) is 43.4 Å². The number of rotatable bonds is 4. The number of nitrogens with two attached hydrogens (primary N) is 1. The number of nitrogens with one attached hydrogen (secondary N) is 1. The first-order valence-electron chi connectivity index (χ1n) is 8.76. The van der Waals surface area contributed by atoms with E-state index in [9.17, 15) is 9.59 Å². The fourth-order valence-electron chi connectivity index (χ4n) is 3.08. The molecule has 0 saturated carbocycles. The maximum absolute atomic E-state index is 12.8. The quantitative estimate of drug-likeness (QED) is 0.811. The van der Waals surface area contributed by atoms with Crippen LogP contribution in [0.25, 0.3) is 0 Å².